The van der Waals surface area contributed by atoms with Crippen molar-refractivity contribution >= 4 is 56.8 Å². The van der Waals surface area contributed by atoms with Gasteiger partial charge in [0.05, 0.1) is 27.6 Å². The molecule has 1 aliphatic carbocycles. The topological polar surface area (TPSA) is 158 Å². The van der Waals surface area contributed by atoms with E-state index in [9.17, 15) is 36.9 Å². The predicted molar refractivity (Wildman–Crippen MR) is 239 cm³/mol. The molecule has 2 aromatic heterocycles. The van der Waals surface area contributed by atoms with Gasteiger partial charge in [-0.15, -0.1) is 0 Å². The molecule has 4 saturated heterocycles. The summed E-state index contributed by atoms with van der Waals surface area (Å²) in [6, 6.07) is 7.98. The van der Waals surface area contributed by atoms with Crippen LogP contribution < -0.4 is 26.1 Å². The molecule has 4 aliphatic heterocycles. The number of imide groups is 1. The number of aromatic nitrogens is 4. The van der Waals surface area contributed by atoms with Gasteiger partial charge in [0.15, 0.2) is 5.82 Å². The Labute approximate surface area is 377 Å². The predicted octanol–water partition coefficient (Wildman–Crippen LogP) is 6.33. The Kier molecular flexibility index (Phi) is 12.1. The Bertz CT molecular complexity index is 2570. The molecular weight excluding hydrogens is 867 g/mol. The van der Waals surface area contributed by atoms with Gasteiger partial charge in [-0.05, 0) is 138 Å². The molecule has 65 heavy (non-hydrogen) atoms. The van der Waals surface area contributed by atoms with Crippen molar-refractivity contribution in [1.29, 1.82) is 0 Å². The molecule has 0 bridgehead atoms. The van der Waals surface area contributed by atoms with Gasteiger partial charge in [0, 0.05) is 68.2 Å². The Morgan fingerprint density at radius 1 is 0.954 bits per heavy atom. The third-order valence-electron chi connectivity index (χ3n) is 14.8. The fourth-order valence-corrected chi connectivity index (χ4v) is 12.7. The summed E-state index contributed by atoms with van der Waals surface area (Å²) in [7, 11) is 0.293. The van der Waals surface area contributed by atoms with Crippen LogP contribution in [0, 0.1) is 24.1 Å². The summed E-state index contributed by atoms with van der Waals surface area (Å²) in [6.07, 6.45) is 3.52. The van der Waals surface area contributed by atoms with Crippen molar-refractivity contribution in [2.24, 2.45) is 18.4 Å². The molecule has 14 nitrogen and oxygen atoms in total. The Morgan fingerprint density at radius 2 is 1.69 bits per heavy atom. The summed E-state index contributed by atoms with van der Waals surface area (Å²) < 4.78 is 74.7. The number of likely N-dealkylation sites (tertiary alicyclic amines) is 1. The van der Waals surface area contributed by atoms with Crippen LogP contribution in [0.2, 0.25) is 0 Å². The van der Waals surface area contributed by atoms with Gasteiger partial charge in [0.2, 0.25) is 17.8 Å². The van der Waals surface area contributed by atoms with Crippen LogP contribution in [0.15, 0.2) is 46.2 Å². The number of imidazole rings is 1. The maximum Gasteiger partial charge on any atom is 0.421 e. The molecule has 19 heteroatoms. The molecule has 3 atom stereocenters. The van der Waals surface area contributed by atoms with Gasteiger partial charge in [-0.2, -0.15) is 18.2 Å². The lowest BCUT2D eigenvalue weighted by Crippen LogP contribution is -2.51. The van der Waals surface area contributed by atoms with Crippen LogP contribution in [0.4, 0.5) is 40.7 Å². The molecule has 6 heterocycles. The first-order valence-electron chi connectivity index (χ1n) is 22.8. The molecule has 3 N–H and O–H groups in total. The highest BCUT2D eigenvalue weighted by Crippen LogP contribution is 2.52. The van der Waals surface area contributed by atoms with Crippen LogP contribution in [0.5, 0.6) is 0 Å². The van der Waals surface area contributed by atoms with Crippen molar-refractivity contribution < 1.29 is 36.5 Å². The van der Waals surface area contributed by atoms with Crippen LogP contribution in [0.1, 0.15) is 94.7 Å². The lowest BCUT2D eigenvalue weighted by Gasteiger charge is -2.52. The summed E-state index contributed by atoms with van der Waals surface area (Å²) in [5.41, 5.74) is 0.131. The van der Waals surface area contributed by atoms with E-state index in [-0.39, 0.29) is 53.2 Å². The maximum atomic E-state index is 16.2. The van der Waals surface area contributed by atoms with E-state index in [0.29, 0.717) is 61.7 Å². The van der Waals surface area contributed by atoms with E-state index in [4.69, 9.17) is 0 Å². The number of halogens is 4. The van der Waals surface area contributed by atoms with Crippen molar-refractivity contribution in [1.82, 2.24) is 29.3 Å². The van der Waals surface area contributed by atoms with Crippen molar-refractivity contribution in [3.05, 3.63) is 64.0 Å². The largest absolute Gasteiger partial charge is 0.421 e. The average Bonchev–Trinajstić information content (AvgIpc) is 3.36. The second-order valence-corrected chi connectivity index (χ2v) is 21.1. The first-order chi connectivity index (χ1) is 30.9. The number of aryl methyl sites for hydroxylation is 2. The van der Waals surface area contributed by atoms with Gasteiger partial charge >= 0.3 is 11.9 Å². The molecule has 350 valence electrons. The number of alkyl halides is 3. The summed E-state index contributed by atoms with van der Waals surface area (Å²) >= 11 is 0. The van der Waals surface area contributed by atoms with E-state index in [1.54, 1.807) is 30.0 Å². The monoisotopic (exact) mass is 923 g/mol. The van der Waals surface area contributed by atoms with E-state index in [1.807, 2.05) is 24.0 Å². The highest BCUT2D eigenvalue weighted by atomic mass is 32.2. The number of anilines is 4. The second kappa shape index (κ2) is 17.4. The normalized spacial score (nSPS) is 24.3. The summed E-state index contributed by atoms with van der Waals surface area (Å²) in [5, 5.41) is 15.9. The Morgan fingerprint density at radius 3 is 2.38 bits per heavy atom. The van der Waals surface area contributed by atoms with E-state index in [0.717, 1.165) is 74.8 Å². The SMILES string of the molecule is Cc1cc(S(=O)C2CC3(CCN(CC4CCN(c5ccc6c(c5F)n(C)c(=O)n6C5CCC(=O)NC5=O)CC4)CC3)C2)ccc1Nc1ncc(C(F)(F)F)c(N2CCCC(C)(O)CC2)n1. The van der Waals surface area contributed by atoms with Gasteiger partial charge in [0.1, 0.15) is 22.9 Å². The first kappa shape index (κ1) is 45.3. The number of hydrogen-bond acceptors (Lipinski definition) is 11. The second-order valence-electron chi connectivity index (χ2n) is 19.4. The number of nitrogens with one attached hydrogen (secondary N) is 2. The number of hydrogen-bond donors (Lipinski definition) is 3. The van der Waals surface area contributed by atoms with Crippen LogP contribution in [-0.2, 0) is 33.6 Å². The summed E-state index contributed by atoms with van der Waals surface area (Å²) in [6.45, 7) is 8.44. The molecule has 0 radical (unpaired) electrons. The highest BCUT2D eigenvalue weighted by molar-refractivity contribution is 7.85. The lowest BCUT2D eigenvalue weighted by molar-refractivity contribution is -0.138. The molecule has 2 amide bonds. The molecule has 5 aliphatic rings. The van der Waals surface area contributed by atoms with Crippen molar-refractivity contribution in [2.45, 2.75) is 112 Å². The van der Waals surface area contributed by atoms with E-state index >= 15 is 4.39 Å². The van der Waals surface area contributed by atoms with Crippen LogP contribution >= 0.6 is 0 Å². The number of aliphatic hydroxyl groups is 1. The quantitative estimate of drug-likeness (QED) is 0.127. The lowest BCUT2D eigenvalue weighted by atomic mass is 9.63. The number of carbonyl (C=O) groups excluding carboxylic acids is 2. The zero-order valence-electron chi connectivity index (χ0n) is 37.1. The molecule has 1 saturated carbocycles. The van der Waals surface area contributed by atoms with Crippen LogP contribution in [0.3, 0.4) is 0 Å². The Hall–Kier alpha value is -4.88. The zero-order valence-corrected chi connectivity index (χ0v) is 37.9. The number of benzene rings is 2. The number of amides is 2. The molecule has 1 spiro atoms. The summed E-state index contributed by atoms with van der Waals surface area (Å²) in [5.74, 6) is -1.14. The van der Waals surface area contributed by atoms with Crippen LogP contribution in [-0.4, -0.2) is 102 Å². The van der Waals surface area contributed by atoms with Crippen LogP contribution in [0.25, 0.3) is 11.0 Å². The zero-order chi connectivity index (χ0) is 46.0. The minimum Gasteiger partial charge on any atom is -0.390 e. The number of rotatable bonds is 9. The van der Waals surface area contributed by atoms with Crippen molar-refractivity contribution in [3.8, 4) is 0 Å². The number of fused-ring (bicyclic) bond motifs is 1. The maximum absolute atomic E-state index is 16.2. The molecule has 5 fully saturated rings. The average molecular weight is 924 g/mol. The van der Waals surface area contributed by atoms with Gasteiger partial charge in [-0.25, -0.2) is 14.2 Å². The molecular formula is C46H57F4N9O5S. The summed E-state index contributed by atoms with van der Waals surface area (Å²) in [4.78, 5) is 52.8. The van der Waals surface area contributed by atoms with E-state index in [2.05, 4.69) is 25.5 Å². The molecule has 4 aromatic rings. The van der Waals surface area contributed by atoms with E-state index in [1.165, 1.54) is 16.2 Å². The minimum atomic E-state index is -4.64. The fraction of sp³-hybridized carbons (Fsp3) is 0.587. The third kappa shape index (κ3) is 9.03. The van der Waals surface area contributed by atoms with E-state index < -0.39 is 51.6 Å². The minimum absolute atomic E-state index is 0.0275. The first-order valence-corrected chi connectivity index (χ1v) is 24.0. The third-order valence-corrected chi connectivity index (χ3v) is 16.5. The van der Waals surface area contributed by atoms with Gasteiger partial charge in [0.25, 0.3) is 0 Å². The van der Waals surface area contributed by atoms with Crippen molar-refractivity contribution in [3.63, 3.8) is 0 Å². The number of carbonyl (C=O) groups is 2. The van der Waals surface area contributed by atoms with Gasteiger partial charge < -0.3 is 25.1 Å². The molecule has 2 aromatic carbocycles. The number of piperidine rings is 3. The van der Waals surface area contributed by atoms with Gasteiger partial charge in [-0.3, -0.25) is 28.2 Å². The highest BCUT2D eigenvalue weighted by Gasteiger charge is 2.48. The van der Waals surface area contributed by atoms with Gasteiger partial charge in [-0.1, -0.05) is 0 Å². The number of nitrogens with zero attached hydrogens (tertiary/aromatic N) is 7. The standard InChI is InChI=1S/C46H57F4N9O5S/c1-28-23-30(5-6-33(28)52-42-51-26-32(46(48,49)50)40(54-42)58-17-4-13-44(2,63)14-22-58)65(64)31-24-45(25-31)15-20-56(21-16-45)27-29-11-18-57(19-12-29)34-7-8-35-39(38(34)47)55(3)43(62)59(35)36-9-10-37(60)53-41(36)61/h5-8,23,26,29,31,36,63H,4,9-22,24-25,27H2,1-3H3,(H,51,52,54)(H,53,60,61). The van der Waals surface area contributed by atoms with Crippen molar-refractivity contribution in [2.75, 3.05) is 60.9 Å². The smallest absolute Gasteiger partial charge is 0.390 e. The Balaban J connectivity index is 0.758. The molecule has 3 unspecified atom stereocenters. The molecule has 9 rings (SSSR count). The fourth-order valence-electron chi connectivity index (χ4n) is 10.9.